The summed E-state index contributed by atoms with van der Waals surface area (Å²) >= 11 is 11.9. The first kappa shape index (κ1) is 15.8. The Bertz CT molecular complexity index is 933. The van der Waals surface area contributed by atoms with E-state index in [1.165, 1.54) is 0 Å². The zero-order chi connectivity index (χ0) is 16.7. The molecule has 0 atom stereocenters. The van der Waals surface area contributed by atoms with E-state index in [1.807, 2.05) is 20.9 Å². The molecule has 0 aliphatic heterocycles. The van der Waals surface area contributed by atoms with Gasteiger partial charge in [0.25, 0.3) is 5.91 Å². The number of aryl methyl sites for hydroxylation is 3. The molecule has 2 aromatic heterocycles. The summed E-state index contributed by atoms with van der Waals surface area (Å²) in [5, 5.41) is 8.75. The van der Waals surface area contributed by atoms with E-state index in [0.717, 1.165) is 16.8 Å². The molecular formula is C16H14Cl2N4O. The summed E-state index contributed by atoms with van der Waals surface area (Å²) in [4.78, 5) is 17.1. The molecule has 0 spiro atoms. The maximum atomic E-state index is 12.7. The van der Waals surface area contributed by atoms with Crippen LogP contribution in [0.25, 0.3) is 11.0 Å². The average molecular weight is 349 g/mol. The van der Waals surface area contributed by atoms with Crippen molar-refractivity contribution in [3.05, 3.63) is 51.3 Å². The lowest BCUT2D eigenvalue weighted by Gasteiger charge is -2.08. The third-order valence-corrected chi connectivity index (χ3v) is 4.26. The van der Waals surface area contributed by atoms with Crippen LogP contribution in [0.2, 0.25) is 10.0 Å². The van der Waals surface area contributed by atoms with E-state index in [4.69, 9.17) is 23.2 Å². The van der Waals surface area contributed by atoms with Crippen molar-refractivity contribution in [2.45, 2.75) is 13.8 Å². The molecule has 3 rings (SSSR count). The number of aromatic nitrogens is 3. The number of hydrogen-bond acceptors (Lipinski definition) is 3. The van der Waals surface area contributed by atoms with Gasteiger partial charge in [-0.3, -0.25) is 9.48 Å². The molecule has 0 bridgehead atoms. The number of amides is 1. The molecule has 0 radical (unpaired) electrons. The lowest BCUT2D eigenvalue weighted by molar-refractivity contribution is 0.102. The maximum absolute atomic E-state index is 12.7. The fourth-order valence-electron chi connectivity index (χ4n) is 2.52. The van der Waals surface area contributed by atoms with Crippen molar-refractivity contribution in [1.82, 2.24) is 14.8 Å². The van der Waals surface area contributed by atoms with Crippen LogP contribution in [0, 0.1) is 13.8 Å². The summed E-state index contributed by atoms with van der Waals surface area (Å²) in [6.07, 6.45) is 0. The third-order valence-electron chi connectivity index (χ3n) is 3.52. The molecule has 1 N–H and O–H groups in total. The van der Waals surface area contributed by atoms with Crippen LogP contribution in [0.3, 0.4) is 0 Å². The summed E-state index contributed by atoms with van der Waals surface area (Å²) < 4.78 is 1.67. The van der Waals surface area contributed by atoms with Gasteiger partial charge < -0.3 is 5.32 Å². The maximum Gasteiger partial charge on any atom is 0.256 e. The van der Waals surface area contributed by atoms with Gasteiger partial charge in [0, 0.05) is 18.4 Å². The van der Waals surface area contributed by atoms with Crippen LogP contribution in [-0.4, -0.2) is 20.7 Å². The Morgan fingerprint density at radius 2 is 1.91 bits per heavy atom. The van der Waals surface area contributed by atoms with Gasteiger partial charge in [-0.25, -0.2) is 4.98 Å². The van der Waals surface area contributed by atoms with Gasteiger partial charge in [-0.2, -0.15) is 5.10 Å². The zero-order valence-electron chi connectivity index (χ0n) is 12.8. The molecule has 5 nitrogen and oxygen atoms in total. The highest BCUT2D eigenvalue weighted by atomic mass is 35.5. The van der Waals surface area contributed by atoms with Gasteiger partial charge in [-0.1, -0.05) is 23.2 Å². The number of fused-ring (bicyclic) bond motifs is 1. The standard InChI is InChI=1S/C16H14Cl2N4O/c1-8-6-11(14-9(2)21-22(3)15(14)19-8)16(23)20-10-4-5-12(17)13(18)7-10/h4-7H,1-3H3,(H,20,23). The third kappa shape index (κ3) is 2.90. The lowest BCUT2D eigenvalue weighted by Crippen LogP contribution is -2.13. The number of carbonyl (C=O) groups excluding carboxylic acids is 1. The predicted octanol–water partition coefficient (Wildman–Crippen LogP) is 4.14. The molecule has 0 aliphatic carbocycles. The second kappa shape index (κ2) is 5.83. The summed E-state index contributed by atoms with van der Waals surface area (Å²) in [7, 11) is 1.81. The fourth-order valence-corrected chi connectivity index (χ4v) is 2.82. The number of nitrogens with one attached hydrogen (secondary N) is 1. The predicted molar refractivity (Wildman–Crippen MR) is 92.4 cm³/mol. The van der Waals surface area contributed by atoms with Crippen LogP contribution in [0.1, 0.15) is 21.7 Å². The first-order valence-electron chi connectivity index (χ1n) is 6.94. The summed E-state index contributed by atoms with van der Waals surface area (Å²) in [5.74, 6) is -0.241. The monoisotopic (exact) mass is 348 g/mol. The number of carbonyl (C=O) groups is 1. The molecule has 0 fully saturated rings. The smallest absolute Gasteiger partial charge is 0.256 e. The first-order chi connectivity index (χ1) is 10.9. The van der Waals surface area contributed by atoms with E-state index in [1.54, 1.807) is 28.9 Å². The quantitative estimate of drug-likeness (QED) is 0.756. The Hall–Kier alpha value is -2.11. The molecule has 1 amide bonds. The van der Waals surface area contributed by atoms with Crippen LogP contribution in [0.4, 0.5) is 5.69 Å². The molecule has 0 aliphatic rings. The molecule has 0 unspecified atom stereocenters. The lowest BCUT2D eigenvalue weighted by atomic mass is 10.1. The SMILES string of the molecule is Cc1cc(C(=O)Nc2ccc(Cl)c(Cl)c2)c2c(C)nn(C)c2n1. The minimum atomic E-state index is -0.241. The Kier molecular flexibility index (Phi) is 4.00. The van der Waals surface area contributed by atoms with Crippen molar-refractivity contribution in [2.24, 2.45) is 7.05 Å². The summed E-state index contributed by atoms with van der Waals surface area (Å²) in [6, 6.07) is 6.71. The molecule has 7 heteroatoms. The van der Waals surface area contributed by atoms with Crippen molar-refractivity contribution in [2.75, 3.05) is 5.32 Å². The molecular weight excluding hydrogens is 335 g/mol. The minimum absolute atomic E-state index is 0.241. The van der Waals surface area contributed by atoms with Gasteiger partial charge in [-0.15, -0.1) is 0 Å². The van der Waals surface area contributed by atoms with Crippen molar-refractivity contribution in [1.29, 1.82) is 0 Å². The number of anilines is 1. The van der Waals surface area contributed by atoms with Crippen LogP contribution >= 0.6 is 23.2 Å². The highest BCUT2D eigenvalue weighted by Crippen LogP contribution is 2.26. The van der Waals surface area contributed by atoms with Gasteiger partial charge in [0.2, 0.25) is 0 Å². The Balaban J connectivity index is 2.05. The van der Waals surface area contributed by atoms with Gasteiger partial charge >= 0.3 is 0 Å². The Morgan fingerprint density at radius 1 is 1.17 bits per heavy atom. The highest BCUT2D eigenvalue weighted by Gasteiger charge is 2.18. The minimum Gasteiger partial charge on any atom is -0.322 e. The molecule has 2 heterocycles. The number of halogens is 2. The van der Waals surface area contributed by atoms with Crippen LogP contribution in [-0.2, 0) is 7.05 Å². The zero-order valence-corrected chi connectivity index (χ0v) is 14.3. The van der Waals surface area contributed by atoms with E-state index >= 15 is 0 Å². The molecule has 0 saturated heterocycles. The van der Waals surface area contributed by atoms with Crippen molar-refractivity contribution < 1.29 is 4.79 Å². The number of benzene rings is 1. The van der Waals surface area contributed by atoms with Crippen LogP contribution < -0.4 is 5.32 Å². The largest absolute Gasteiger partial charge is 0.322 e. The van der Waals surface area contributed by atoms with Crippen LogP contribution in [0.15, 0.2) is 24.3 Å². The first-order valence-corrected chi connectivity index (χ1v) is 7.70. The van der Waals surface area contributed by atoms with E-state index in [0.29, 0.717) is 26.9 Å². The van der Waals surface area contributed by atoms with E-state index in [2.05, 4.69) is 15.4 Å². The molecule has 23 heavy (non-hydrogen) atoms. The Labute approximate surface area is 143 Å². The van der Waals surface area contributed by atoms with Crippen molar-refractivity contribution in [3.63, 3.8) is 0 Å². The number of pyridine rings is 1. The summed E-state index contributed by atoms with van der Waals surface area (Å²) in [6.45, 7) is 3.70. The highest BCUT2D eigenvalue weighted by molar-refractivity contribution is 6.42. The Morgan fingerprint density at radius 3 is 2.61 bits per heavy atom. The number of rotatable bonds is 2. The topological polar surface area (TPSA) is 59.8 Å². The fraction of sp³-hybridized carbons (Fsp3) is 0.188. The second-order valence-electron chi connectivity index (χ2n) is 5.30. The van der Waals surface area contributed by atoms with E-state index in [9.17, 15) is 4.79 Å². The van der Waals surface area contributed by atoms with Gasteiger partial charge in [0.15, 0.2) is 5.65 Å². The average Bonchev–Trinajstić information content (AvgIpc) is 2.77. The normalized spacial score (nSPS) is 11.0. The molecule has 1 aromatic carbocycles. The second-order valence-corrected chi connectivity index (χ2v) is 6.12. The van der Waals surface area contributed by atoms with Crippen molar-refractivity contribution >= 4 is 45.8 Å². The van der Waals surface area contributed by atoms with Crippen molar-refractivity contribution in [3.8, 4) is 0 Å². The number of hydrogen-bond donors (Lipinski definition) is 1. The molecule has 118 valence electrons. The van der Waals surface area contributed by atoms with Crippen LogP contribution in [0.5, 0.6) is 0 Å². The summed E-state index contributed by atoms with van der Waals surface area (Å²) in [5.41, 5.74) is 3.30. The molecule has 3 aromatic rings. The van der Waals surface area contributed by atoms with Gasteiger partial charge in [-0.05, 0) is 38.1 Å². The molecule has 0 saturated carbocycles. The van der Waals surface area contributed by atoms with E-state index in [-0.39, 0.29) is 5.91 Å². The van der Waals surface area contributed by atoms with E-state index < -0.39 is 0 Å². The van der Waals surface area contributed by atoms with Gasteiger partial charge in [0.1, 0.15) is 0 Å². The number of nitrogens with zero attached hydrogens (tertiary/aromatic N) is 3. The van der Waals surface area contributed by atoms with Gasteiger partial charge in [0.05, 0.1) is 26.7 Å².